The molecule has 0 aliphatic carbocycles. The van der Waals surface area contributed by atoms with Crippen LogP contribution in [0.25, 0.3) is 0 Å². The summed E-state index contributed by atoms with van der Waals surface area (Å²) in [7, 11) is 3.65. The van der Waals surface area contributed by atoms with E-state index in [2.05, 4.69) is 36.3 Å². The van der Waals surface area contributed by atoms with E-state index in [-0.39, 0.29) is 5.04 Å². The number of nitrogens with two attached hydrogens (primary N) is 1. The Balaban J connectivity index is 3.44. The molecular weight excluding hydrogens is 152 g/mol. The third kappa shape index (κ3) is 8.04. The minimum atomic E-state index is 0.223. The van der Waals surface area contributed by atoms with Gasteiger partial charge in [0, 0.05) is 29.4 Å². The van der Waals surface area contributed by atoms with Gasteiger partial charge in [-0.3, -0.25) is 0 Å². The standard InChI is InChI=1S/C8H19N2Si/c1-7(10-5-4-9)6-8(2,3)11/h7,10H,4-6,9H2,1-3H3. The Bertz CT molecular complexity index is 98.8. The topological polar surface area (TPSA) is 38.0 Å². The van der Waals surface area contributed by atoms with Crippen molar-refractivity contribution in [1.29, 1.82) is 0 Å². The Kier molecular flexibility index (Phi) is 4.96. The van der Waals surface area contributed by atoms with Crippen molar-refractivity contribution in [2.24, 2.45) is 5.73 Å². The molecular formula is C8H19N2Si. The molecule has 0 spiro atoms. The van der Waals surface area contributed by atoms with Gasteiger partial charge in [0.1, 0.15) is 0 Å². The van der Waals surface area contributed by atoms with Crippen molar-refractivity contribution in [1.82, 2.24) is 5.32 Å². The van der Waals surface area contributed by atoms with Crippen LogP contribution >= 0.6 is 0 Å². The lowest BCUT2D eigenvalue weighted by molar-refractivity contribution is 0.459. The lowest BCUT2D eigenvalue weighted by Crippen LogP contribution is -2.33. The maximum Gasteiger partial charge on any atom is 0.0306 e. The molecule has 0 aromatic heterocycles. The largest absolute Gasteiger partial charge is 0.329 e. The first-order valence-electron chi connectivity index (χ1n) is 4.14. The maximum absolute atomic E-state index is 5.37. The maximum atomic E-state index is 5.37. The minimum Gasteiger partial charge on any atom is -0.329 e. The summed E-state index contributed by atoms with van der Waals surface area (Å²) in [6, 6.07) is 0.533. The van der Waals surface area contributed by atoms with Crippen LogP contribution in [-0.2, 0) is 0 Å². The Morgan fingerprint density at radius 2 is 2.09 bits per heavy atom. The summed E-state index contributed by atoms with van der Waals surface area (Å²) in [6.45, 7) is 8.14. The summed E-state index contributed by atoms with van der Waals surface area (Å²) >= 11 is 0. The van der Waals surface area contributed by atoms with Gasteiger partial charge in [-0.15, -0.1) is 0 Å². The van der Waals surface area contributed by atoms with Gasteiger partial charge in [0.2, 0.25) is 0 Å². The van der Waals surface area contributed by atoms with E-state index in [0.29, 0.717) is 12.6 Å². The second-order valence-electron chi connectivity index (χ2n) is 3.73. The summed E-state index contributed by atoms with van der Waals surface area (Å²) in [6.07, 6.45) is 1.11. The normalized spacial score (nSPS) is 15.0. The molecule has 0 amide bonds. The SMILES string of the molecule is CC(CC(C)(C)[Si])NCCN. The van der Waals surface area contributed by atoms with Crippen LogP contribution in [0.2, 0.25) is 5.04 Å². The van der Waals surface area contributed by atoms with Gasteiger partial charge in [0.15, 0.2) is 0 Å². The molecule has 0 aliphatic rings. The van der Waals surface area contributed by atoms with E-state index in [1.54, 1.807) is 0 Å². The molecule has 0 saturated heterocycles. The van der Waals surface area contributed by atoms with E-state index in [1.807, 2.05) is 0 Å². The first kappa shape index (κ1) is 11.1. The molecule has 65 valence electrons. The second kappa shape index (κ2) is 4.90. The van der Waals surface area contributed by atoms with Crippen molar-refractivity contribution in [3.05, 3.63) is 0 Å². The van der Waals surface area contributed by atoms with Gasteiger partial charge in [-0.2, -0.15) is 0 Å². The van der Waals surface area contributed by atoms with E-state index >= 15 is 0 Å². The molecule has 0 fully saturated rings. The van der Waals surface area contributed by atoms with E-state index in [0.717, 1.165) is 13.0 Å². The van der Waals surface area contributed by atoms with Crippen molar-refractivity contribution >= 4 is 10.2 Å². The molecule has 0 saturated carbocycles. The molecule has 0 aliphatic heterocycles. The molecule has 11 heavy (non-hydrogen) atoms. The molecule has 3 radical (unpaired) electrons. The highest BCUT2D eigenvalue weighted by atomic mass is 28.1. The molecule has 1 atom stereocenters. The smallest absolute Gasteiger partial charge is 0.0306 e. The molecule has 3 heteroatoms. The average Bonchev–Trinajstić information content (AvgIpc) is 1.79. The van der Waals surface area contributed by atoms with Crippen LogP contribution in [0.5, 0.6) is 0 Å². The van der Waals surface area contributed by atoms with Gasteiger partial charge in [0.05, 0.1) is 0 Å². The molecule has 0 bridgehead atoms. The molecule has 1 unspecified atom stereocenters. The Morgan fingerprint density at radius 1 is 1.55 bits per heavy atom. The summed E-state index contributed by atoms with van der Waals surface area (Å²) in [4.78, 5) is 0. The van der Waals surface area contributed by atoms with E-state index in [9.17, 15) is 0 Å². The molecule has 3 N–H and O–H groups in total. The van der Waals surface area contributed by atoms with E-state index in [4.69, 9.17) is 5.73 Å². The predicted octanol–water partition coefficient (Wildman–Crippen LogP) is 0.680. The van der Waals surface area contributed by atoms with Crippen LogP contribution in [-0.4, -0.2) is 29.4 Å². The fourth-order valence-corrected chi connectivity index (χ4v) is 1.47. The van der Waals surface area contributed by atoms with E-state index in [1.165, 1.54) is 0 Å². The fraction of sp³-hybridized carbons (Fsp3) is 1.00. The third-order valence-corrected chi connectivity index (χ3v) is 1.66. The van der Waals surface area contributed by atoms with Gasteiger partial charge in [-0.25, -0.2) is 0 Å². The van der Waals surface area contributed by atoms with Crippen LogP contribution in [0.3, 0.4) is 0 Å². The number of rotatable bonds is 5. The first-order chi connectivity index (χ1) is 4.95. The molecule has 2 nitrogen and oxygen atoms in total. The lowest BCUT2D eigenvalue weighted by atomic mass is 10.0. The zero-order valence-electron chi connectivity index (χ0n) is 7.78. The highest BCUT2D eigenvalue weighted by molar-refractivity contribution is 6.14. The van der Waals surface area contributed by atoms with Gasteiger partial charge in [-0.1, -0.05) is 13.8 Å². The third-order valence-electron chi connectivity index (χ3n) is 1.45. The highest BCUT2D eigenvalue weighted by Gasteiger charge is 2.14. The quantitative estimate of drug-likeness (QED) is 0.597. The number of nitrogens with one attached hydrogen (secondary N) is 1. The van der Waals surface area contributed by atoms with Gasteiger partial charge in [-0.05, 0) is 18.4 Å². The van der Waals surface area contributed by atoms with Crippen LogP contribution < -0.4 is 11.1 Å². The van der Waals surface area contributed by atoms with Crippen molar-refractivity contribution in [2.45, 2.75) is 38.3 Å². The number of hydrogen-bond acceptors (Lipinski definition) is 2. The first-order valence-corrected chi connectivity index (χ1v) is 4.64. The van der Waals surface area contributed by atoms with Gasteiger partial charge < -0.3 is 11.1 Å². The van der Waals surface area contributed by atoms with Gasteiger partial charge >= 0.3 is 0 Å². The van der Waals surface area contributed by atoms with Crippen molar-refractivity contribution in [2.75, 3.05) is 13.1 Å². The van der Waals surface area contributed by atoms with Crippen LogP contribution in [0.4, 0.5) is 0 Å². The monoisotopic (exact) mass is 171 g/mol. The van der Waals surface area contributed by atoms with Gasteiger partial charge in [0.25, 0.3) is 0 Å². The molecule has 0 aromatic rings. The Morgan fingerprint density at radius 3 is 2.45 bits per heavy atom. The molecule has 0 heterocycles. The summed E-state index contributed by atoms with van der Waals surface area (Å²) < 4.78 is 0. The average molecular weight is 171 g/mol. The van der Waals surface area contributed by atoms with Crippen molar-refractivity contribution in [3.63, 3.8) is 0 Å². The zero-order chi connectivity index (χ0) is 8.91. The van der Waals surface area contributed by atoms with Crippen LogP contribution in [0.1, 0.15) is 27.2 Å². The lowest BCUT2D eigenvalue weighted by Gasteiger charge is -2.23. The fourth-order valence-electron chi connectivity index (χ4n) is 1.17. The molecule has 0 aromatic carbocycles. The summed E-state index contributed by atoms with van der Waals surface area (Å²) in [5, 5.41) is 3.56. The summed E-state index contributed by atoms with van der Waals surface area (Å²) in [5.41, 5.74) is 5.37. The summed E-state index contributed by atoms with van der Waals surface area (Å²) in [5.74, 6) is 0. The zero-order valence-corrected chi connectivity index (χ0v) is 8.78. The van der Waals surface area contributed by atoms with Crippen molar-refractivity contribution < 1.29 is 0 Å². The minimum absolute atomic E-state index is 0.223. The second-order valence-corrected chi connectivity index (χ2v) is 5.09. The van der Waals surface area contributed by atoms with Crippen LogP contribution in [0.15, 0.2) is 0 Å². The van der Waals surface area contributed by atoms with Crippen molar-refractivity contribution in [3.8, 4) is 0 Å². The Hall–Kier alpha value is 0.137. The predicted molar refractivity (Wildman–Crippen MR) is 50.9 cm³/mol. The van der Waals surface area contributed by atoms with Crippen LogP contribution in [0, 0.1) is 0 Å². The number of hydrogen-bond donors (Lipinski definition) is 2. The highest BCUT2D eigenvalue weighted by Crippen LogP contribution is 2.24. The Labute approximate surface area is 73.4 Å². The molecule has 0 rings (SSSR count). The van der Waals surface area contributed by atoms with E-state index < -0.39 is 0 Å².